The highest BCUT2D eigenvalue weighted by Gasteiger charge is 2.30. The molecule has 1 N–H and O–H groups in total. The van der Waals surface area contributed by atoms with E-state index in [4.69, 9.17) is 0 Å². The molecule has 0 unspecified atom stereocenters. The summed E-state index contributed by atoms with van der Waals surface area (Å²) in [5, 5.41) is 2.39. The van der Waals surface area contributed by atoms with Gasteiger partial charge in [0.25, 0.3) is 0 Å². The topological polar surface area (TPSA) is 15.3 Å². The number of nitrogens with one attached hydrogen (secondary N) is 1. The largest absolute Gasteiger partial charge is 0.255 e. The Morgan fingerprint density at radius 2 is 2.25 bits per heavy atom. The Morgan fingerprint density at radius 1 is 1.38 bits per heavy atom. The molecule has 0 bridgehead atoms. The Bertz CT molecular complexity index is 82.5. The second-order valence-corrected chi connectivity index (χ2v) is 2.69. The predicted molar refractivity (Wildman–Crippen MR) is 32.3 cm³/mol. The third kappa shape index (κ3) is 0.740. The quantitative estimate of drug-likeness (QED) is 0.527. The molecule has 2 fully saturated rings. The molecule has 2 rings (SSSR count). The van der Waals surface area contributed by atoms with Crippen molar-refractivity contribution in [2.45, 2.75) is 25.3 Å². The lowest BCUT2D eigenvalue weighted by atomic mass is 10.5. The normalized spacial score (nSPS) is 31.5. The summed E-state index contributed by atoms with van der Waals surface area (Å²) in [6, 6.07) is 0.914. The van der Waals surface area contributed by atoms with E-state index in [2.05, 4.69) is 10.4 Å². The van der Waals surface area contributed by atoms with Crippen molar-refractivity contribution in [1.29, 1.82) is 0 Å². The van der Waals surface area contributed by atoms with Gasteiger partial charge in [0.05, 0.1) is 0 Å². The molecule has 2 nitrogen and oxygen atoms in total. The van der Waals surface area contributed by atoms with E-state index in [9.17, 15) is 0 Å². The smallest absolute Gasteiger partial charge is 0.0244 e. The van der Waals surface area contributed by atoms with Crippen LogP contribution >= 0.6 is 0 Å². The second-order valence-electron chi connectivity index (χ2n) is 2.69. The fourth-order valence-electron chi connectivity index (χ4n) is 1.25. The molecule has 0 amide bonds. The van der Waals surface area contributed by atoms with Crippen LogP contribution in [-0.2, 0) is 0 Å². The van der Waals surface area contributed by atoms with E-state index in [0.717, 1.165) is 6.04 Å². The summed E-state index contributed by atoms with van der Waals surface area (Å²) in [5.74, 6) is 0. The van der Waals surface area contributed by atoms with Gasteiger partial charge in [0.1, 0.15) is 0 Å². The average molecular weight is 112 g/mol. The van der Waals surface area contributed by atoms with Crippen LogP contribution in [0.4, 0.5) is 0 Å². The van der Waals surface area contributed by atoms with Crippen molar-refractivity contribution in [2.75, 3.05) is 13.1 Å². The van der Waals surface area contributed by atoms with Crippen LogP contribution in [0.2, 0.25) is 0 Å². The SMILES string of the molecule is C1CNN(C2CC2)C1. The molecule has 8 heavy (non-hydrogen) atoms. The van der Waals surface area contributed by atoms with Crippen LogP contribution in [0.25, 0.3) is 0 Å². The molecule has 0 aromatic carbocycles. The summed E-state index contributed by atoms with van der Waals surface area (Å²) in [7, 11) is 0. The average Bonchev–Trinajstić information content (AvgIpc) is 2.49. The summed E-state index contributed by atoms with van der Waals surface area (Å²) in [4.78, 5) is 0. The zero-order chi connectivity index (χ0) is 5.40. The summed E-state index contributed by atoms with van der Waals surface area (Å²) in [6.07, 6.45) is 4.19. The maximum Gasteiger partial charge on any atom is 0.0244 e. The zero-order valence-corrected chi connectivity index (χ0v) is 5.06. The van der Waals surface area contributed by atoms with Crippen LogP contribution in [0.15, 0.2) is 0 Å². The van der Waals surface area contributed by atoms with Crippen molar-refractivity contribution in [3.8, 4) is 0 Å². The Hall–Kier alpha value is -0.0800. The maximum absolute atomic E-state index is 3.35. The number of hydrogen-bond donors (Lipinski definition) is 1. The Kier molecular flexibility index (Phi) is 1.02. The van der Waals surface area contributed by atoms with E-state index in [0.29, 0.717) is 0 Å². The summed E-state index contributed by atoms with van der Waals surface area (Å²) < 4.78 is 0. The molecule has 0 aromatic heterocycles. The van der Waals surface area contributed by atoms with Crippen molar-refractivity contribution in [3.63, 3.8) is 0 Å². The van der Waals surface area contributed by atoms with Gasteiger partial charge in [-0.2, -0.15) is 0 Å². The van der Waals surface area contributed by atoms with E-state index in [1.54, 1.807) is 0 Å². The standard InChI is InChI=1S/C6H12N2/c1-4-7-8(5-1)6-2-3-6/h6-7H,1-5H2. The molecule has 1 saturated heterocycles. The van der Waals surface area contributed by atoms with Crippen molar-refractivity contribution >= 4 is 0 Å². The van der Waals surface area contributed by atoms with Gasteiger partial charge in [0.15, 0.2) is 0 Å². The number of hydrazine groups is 1. The van der Waals surface area contributed by atoms with Gasteiger partial charge >= 0.3 is 0 Å². The monoisotopic (exact) mass is 112 g/mol. The molecule has 2 heteroatoms. The highest BCUT2D eigenvalue weighted by atomic mass is 15.5. The van der Waals surface area contributed by atoms with Gasteiger partial charge in [-0.25, -0.2) is 5.01 Å². The summed E-state index contributed by atoms with van der Waals surface area (Å²) in [5.41, 5.74) is 3.35. The van der Waals surface area contributed by atoms with Gasteiger partial charge in [0, 0.05) is 19.1 Å². The number of nitrogens with zero attached hydrogens (tertiary/aromatic N) is 1. The van der Waals surface area contributed by atoms with Crippen LogP contribution < -0.4 is 5.43 Å². The molecule has 0 aromatic rings. The highest BCUT2D eigenvalue weighted by molar-refractivity contribution is 4.84. The van der Waals surface area contributed by atoms with E-state index in [1.165, 1.54) is 32.4 Å². The lowest BCUT2D eigenvalue weighted by Gasteiger charge is -2.12. The third-order valence-electron chi connectivity index (χ3n) is 1.88. The van der Waals surface area contributed by atoms with Gasteiger partial charge in [-0.3, -0.25) is 5.43 Å². The molecule has 0 radical (unpaired) electrons. The molecule has 1 saturated carbocycles. The second kappa shape index (κ2) is 1.71. The first-order valence-electron chi connectivity index (χ1n) is 3.47. The number of hydrogen-bond acceptors (Lipinski definition) is 2. The minimum absolute atomic E-state index is 0.914. The first-order valence-corrected chi connectivity index (χ1v) is 3.47. The minimum atomic E-state index is 0.914. The lowest BCUT2D eigenvalue weighted by Crippen LogP contribution is -2.32. The van der Waals surface area contributed by atoms with Crippen LogP contribution in [0.1, 0.15) is 19.3 Å². The molecule has 46 valence electrons. The van der Waals surface area contributed by atoms with Crippen molar-refractivity contribution < 1.29 is 0 Å². The van der Waals surface area contributed by atoms with Gasteiger partial charge in [-0.05, 0) is 19.3 Å². The molecule has 1 aliphatic heterocycles. The Balaban J connectivity index is 1.86. The first-order chi connectivity index (χ1) is 3.97. The number of rotatable bonds is 1. The first kappa shape index (κ1) is 4.77. The molecule has 1 aliphatic carbocycles. The third-order valence-corrected chi connectivity index (χ3v) is 1.88. The van der Waals surface area contributed by atoms with E-state index in [-0.39, 0.29) is 0 Å². The maximum atomic E-state index is 3.35. The minimum Gasteiger partial charge on any atom is -0.255 e. The molecular weight excluding hydrogens is 100 g/mol. The molecule has 1 heterocycles. The summed E-state index contributed by atoms with van der Waals surface area (Å²) in [6.45, 7) is 2.49. The van der Waals surface area contributed by atoms with Crippen LogP contribution in [-0.4, -0.2) is 24.1 Å². The predicted octanol–water partition coefficient (Wildman–Crippen LogP) is 0.359. The van der Waals surface area contributed by atoms with Crippen molar-refractivity contribution in [2.24, 2.45) is 0 Å². The van der Waals surface area contributed by atoms with E-state index < -0.39 is 0 Å². The van der Waals surface area contributed by atoms with Crippen molar-refractivity contribution in [1.82, 2.24) is 10.4 Å². The highest BCUT2D eigenvalue weighted by Crippen LogP contribution is 2.26. The summed E-state index contributed by atoms with van der Waals surface area (Å²) >= 11 is 0. The molecular formula is C6H12N2. The van der Waals surface area contributed by atoms with Gasteiger partial charge in [-0.15, -0.1) is 0 Å². The van der Waals surface area contributed by atoms with Crippen LogP contribution in [0.5, 0.6) is 0 Å². The van der Waals surface area contributed by atoms with E-state index in [1.807, 2.05) is 0 Å². The Morgan fingerprint density at radius 3 is 2.75 bits per heavy atom. The fourth-order valence-corrected chi connectivity index (χ4v) is 1.25. The van der Waals surface area contributed by atoms with Gasteiger partial charge in [-0.1, -0.05) is 0 Å². The molecule has 0 atom stereocenters. The van der Waals surface area contributed by atoms with Crippen LogP contribution in [0, 0.1) is 0 Å². The fraction of sp³-hybridized carbons (Fsp3) is 1.00. The van der Waals surface area contributed by atoms with Crippen LogP contribution in [0.3, 0.4) is 0 Å². The zero-order valence-electron chi connectivity index (χ0n) is 5.06. The lowest BCUT2D eigenvalue weighted by molar-refractivity contribution is 0.242. The van der Waals surface area contributed by atoms with Gasteiger partial charge in [0.2, 0.25) is 0 Å². The van der Waals surface area contributed by atoms with E-state index >= 15 is 0 Å². The Labute approximate surface area is 49.8 Å². The molecule has 0 spiro atoms. The van der Waals surface area contributed by atoms with Crippen molar-refractivity contribution in [3.05, 3.63) is 0 Å². The molecule has 2 aliphatic rings. The van der Waals surface area contributed by atoms with Gasteiger partial charge < -0.3 is 0 Å².